The second kappa shape index (κ2) is 4.40. The molecule has 18 heavy (non-hydrogen) atoms. The van der Waals surface area contributed by atoms with Gasteiger partial charge in [-0.25, -0.2) is 18.4 Å². The Morgan fingerprint density at radius 3 is 2.83 bits per heavy atom. The number of rotatable bonds is 3. The van der Waals surface area contributed by atoms with Crippen molar-refractivity contribution in [1.82, 2.24) is 14.5 Å². The minimum Gasteiger partial charge on any atom is -0.369 e. The number of anilines is 1. The molecule has 6 nitrogen and oxygen atoms in total. The van der Waals surface area contributed by atoms with Crippen molar-refractivity contribution in [3.8, 4) is 0 Å². The summed E-state index contributed by atoms with van der Waals surface area (Å²) in [5.41, 5.74) is 6.89. The molecular formula is C10H13ClN4O2S. The predicted octanol–water partition coefficient (Wildman–Crippen LogP) is 1.27. The van der Waals surface area contributed by atoms with Crippen LogP contribution in [-0.2, 0) is 9.84 Å². The van der Waals surface area contributed by atoms with Crippen LogP contribution in [0.3, 0.4) is 0 Å². The molecule has 0 aliphatic rings. The molecule has 0 amide bonds. The third-order valence-electron chi connectivity index (χ3n) is 2.51. The van der Waals surface area contributed by atoms with Gasteiger partial charge in [0, 0.05) is 18.5 Å². The molecule has 0 aliphatic carbocycles. The topological polar surface area (TPSA) is 90.9 Å². The van der Waals surface area contributed by atoms with Crippen molar-refractivity contribution in [2.75, 3.05) is 17.7 Å². The van der Waals surface area contributed by atoms with E-state index in [2.05, 4.69) is 9.97 Å². The predicted molar refractivity (Wildman–Crippen MR) is 71.4 cm³/mol. The Morgan fingerprint density at radius 2 is 2.22 bits per heavy atom. The first-order chi connectivity index (χ1) is 8.28. The molecule has 0 bridgehead atoms. The van der Waals surface area contributed by atoms with Gasteiger partial charge >= 0.3 is 0 Å². The van der Waals surface area contributed by atoms with Gasteiger partial charge in [-0.05, 0) is 13.0 Å². The standard InChI is InChI=1S/C10H13ClN4O2S/c1-6(5-18(2,16)17)15-9-8(14-10(15)12)3-7(11)4-13-9/h3-4,6H,5H2,1-2H3,(H2,12,14). The zero-order valence-electron chi connectivity index (χ0n) is 9.96. The summed E-state index contributed by atoms with van der Waals surface area (Å²) in [5.74, 6) is 0.211. The molecule has 2 rings (SSSR count). The van der Waals surface area contributed by atoms with Gasteiger partial charge in [0.05, 0.1) is 10.8 Å². The van der Waals surface area contributed by atoms with E-state index in [1.165, 1.54) is 12.5 Å². The molecule has 2 heterocycles. The smallest absolute Gasteiger partial charge is 0.202 e. The summed E-state index contributed by atoms with van der Waals surface area (Å²) in [5, 5.41) is 0.461. The van der Waals surface area contributed by atoms with Crippen LogP contribution in [0.4, 0.5) is 5.95 Å². The fourth-order valence-electron chi connectivity index (χ4n) is 1.92. The van der Waals surface area contributed by atoms with Gasteiger partial charge in [-0.2, -0.15) is 0 Å². The van der Waals surface area contributed by atoms with Gasteiger partial charge < -0.3 is 5.73 Å². The summed E-state index contributed by atoms with van der Waals surface area (Å²) in [6, 6.07) is 1.31. The Labute approximate surface area is 110 Å². The van der Waals surface area contributed by atoms with Gasteiger partial charge in [0.15, 0.2) is 5.65 Å². The van der Waals surface area contributed by atoms with Crippen molar-refractivity contribution >= 4 is 38.6 Å². The number of fused-ring (bicyclic) bond motifs is 1. The van der Waals surface area contributed by atoms with Crippen LogP contribution < -0.4 is 5.73 Å². The zero-order chi connectivity index (χ0) is 13.5. The number of hydrogen-bond acceptors (Lipinski definition) is 5. The van der Waals surface area contributed by atoms with Crippen LogP contribution in [0.5, 0.6) is 0 Å². The molecule has 2 N–H and O–H groups in total. The molecule has 0 radical (unpaired) electrons. The summed E-state index contributed by atoms with van der Waals surface area (Å²) in [6.45, 7) is 1.76. The fraction of sp³-hybridized carbons (Fsp3) is 0.400. The minimum absolute atomic E-state index is 0.0209. The summed E-state index contributed by atoms with van der Waals surface area (Å²) in [6.07, 6.45) is 2.66. The highest BCUT2D eigenvalue weighted by Crippen LogP contribution is 2.23. The molecule has 0 saturated heterocycles. The van der Waals surface area contributed by atoms with E-state index in [1.807, 2.05) is 0 Å². The lowest BCUT2D eigenvalue weighted by Crippen LogP contribution is -2.18. The summed E-state index contributed by atoms with van der Waals surface area (Å²) in [7, 11) is -3.10. The van der Waals surface area contributed by atoms with E-state index in [9.17, 15) is 8.42 Å². The van der Waals surface area contributed by atoms with Crippen LogP contribution in [0, 0.1) is 0 Å². The highest BCUT2D eigenvalue weighted by molar-refractivity contribution is 7.90. The average molecular weight is 289 g/mol. The molecule has 8 heteroatoms. The molecule has 0 aliphatic heterocycles. The van der Waals surface area contributed by atoms with E-state index in [1.54, 1.807) is 17.6 Å². The number of halogens is 1. The van der Waals surface area contributed by atoms with Crippen LogP contribution in [0.15, 0.2) is 12.3 Å². The van der Waals surface area contributed by atoms with Crippen molar-refractivity contribution in [3.05, 3.63) is 17.3 Å². The molecule has 0 fully saturated rings. The van der Waals surface area contributed by atoms with Gasteiger partial charge in [-0.15, -0.1) is 0 Å². The largest absolute Gasteiger partial charge is 0.369 e. The van der Waals surface area contributed by atoms with Crippen molar-refractivity contribution in [1.29, 1.82) is 0 Å². The van der Waals surface area contributed by atoms with Crippen LogP contribution >= 0.6 is 11.6 Å². The van der Waals surface area contributed by atoms with Crippen molar-refractivity contribution in [2.45, 2.75) is 13.0 Å². The van der Waals surface area contributed by atoms with E-state index < -0.39 is 9.84 Å². The van der Waals surface area contributed by atoms with Crippen molar-refractivity contribution in [2.24, 2.45) is 0 Å². The third kappa shape index (κ3) is 2.56. The monoisotopic (exact) mass is 288 g/mol. The highest BCUT2D eigenvalue weighted by atomic mass is 35.5. The number of nitrogens with zero attached hydrogens (tertiary/aromatic N) is 3. The quantitative estimate of drug-likeness (QED) is 0.918. The fourth-order valence-corrected chi connectivity index (χ4v) is 3.10. The number of hydrogen-bond donors (Lipinski definition) is 1. The Hall–Kier alpha value is -1.34. The molecule has 1 atom stereocenters. The van der Waals surface area contributed by atoms with Gasteiger partial charge in [0.25, 0.3) is 0 Å². The molecule has 2 aromatic rings. The van der Waals surface area contributed by atoms with Gasteiger partial charge in [0.1, 0.15) is 15.4 Å². The minimum atomic E-state index is -3.10. The first-order valence-electron chi connectivity index (χ1n) is 5.24. The maximum Gasteiger partial charge on any atom is 0.202 e. The van der Waals surface area contributed by atoms with Crippen LogP contribution in [-0.4, -0.2) is 35.0 Å². The maximum atomic E-state index is 11.3. The van der Waals surface area contributed by atoms with Crippen LogP contribution in [0.1, 0.15) is 13.0 Å². The lowest BCUT2D eigenvalue weighted by Gasteiger charge is -2.14. The van der Waals surface area contributed by atoms with Gasteiger partial charge in [-0.1, -0.05) is 11.6 Å². The summed E-state index contributed by atoms with van der Waals surface area (Å²) >= 11 is 5.82. The number of aromatic nitrogens is 3. The van der Waals surface area contributed by atoms with Crippen LogP contribution in [0.2, 0.25) is 5.02 Å². The van der Waals surface area contributed by atoms with Crippen molar-refractivity contribution < 1.29 is 8.42 Å². The first-order valence-corrected chi connectivity index (χ1v) is 7.68. The molecule has 2 aromatic heterocycles. The van der Waals surface area contributed by atoms with Gasteiger partial charge in [0.2, 0.25) is 5.95 Å². The Balaban J connectivity index is 2.53. The van der Waals surface area contributed by atoms with Crippen LogP contribution in [0.25, 0.3) is 11.2 Å². The molecule has 1 unspecified atom stereocenters. The number of nitrogen functional groups attached to an aromatic ring is 1. The van der Waals surface area contributed by atoms with E-state index in [-0.39, 0.29) is 17.7 Å². The highest BCUT2D eigenvalue weighted by Gasteiger charge is 2.18. The number of pyridine rings is 1. The van der Waals surface area contributed by atoms with E-state index in [0.717, 1.165) is 0 Å². The normalized spacial score (nSPS) is 13.9. The Bertz CT molecular complexity index is 695. The number of sulfone groups is 1. The lowest BCUT2D eigenvalue weighted by atomic mass is 10.3. The van der Waals surface area contributed by atoms with E-state index in [4.69, 9.17) is 17.3 Å². The first kappa shape index (κ1) is 13.1. The molecular weight excluding hydrogens is 276 g/mol. The second-order valence-corrected chi connectivity index (χ2v) is 6.90. The maximum absolute atomic E-state index is 11.3. The number of imidazole rings is 1. The van der Waals surface area contributed by atoms with E-state index >= 15 is 0 Å². The summed E-state index contributed by atoms with van der Waals surface area (Å²) < 4.78 is 24.2. The molecule has 98 valence electrons. The number of nitrogens with two attached hydrogens (primary N) is 1. The molecule has 0 saturated carbocycles. The molecule has 0 spiro atoms. The summed E-state index contributed by atoms with van der Waals surface area (Å²) in [4.78, 5) is 8.27. The molecule has 0 aromatic carbocycles. The average Bonchev–Trinajstić information content (AvgIpc) is 2.50. The third-order valence-corrected chi connectivity index (χ3v) is 3.80. The van der Waals surface area contributed by atoms with Crippen molar-refractivity contribution in [3.63, 3.8) is 0 Å². The van der Waals surface area contributed by atoms with E-state index in [0.29, 0.717) is 16.2 Å². The SMILES string of the molecule is CC(CS(C)(=O)=O)n1c(N)nc2cc(Cl)cnc21. The zero-order valence-corrected chi connectivity index (χ0v) is 11.5. The Kier molecular flexibility index (Phi) is 3.20. The van der Waals surface area contributed by atoms with Gasteiger partial charge in [-0.3, -0.25) is 4.57 Å². The Morgan fingerprint density at radius 1 is 1.56 bits per heavy atom. The second-order valence-electron chi connectivity index (χ2n) is 4.28. The lowest BCUT2D eigenvalue weighted by molar-refractivity contribution is 0.570.